The summed E-state index contributed by atoms with van der Waals surface area (Å²) in [6.45, 7) is 1.97. The molecule has 0 spiro atoms. The molecule has 2 aromatic carbocycles. The minimum atomic E-state index is -4.45. The molecule has 154 valence electrons. The molecule has 0 aliphatic heterocycles. The Labute approximate surface area is 171 Å². The first-order chi connectivity index (χ1) is 14.3. The number of hydrogen-bond donors (Lipinski definition) is 2. The van der Waals surface area contributed by atoms with E-state index in [2.05, 4.69) is 20.6 Å². The van der Waals surface area contributed by atoms with Crippen molar-refractivity contribution in [1.29, 1.82) is 0 Å². The third-order valence-corrected chi connectivity index (χ3v) is 4.84. The molecule has 0 unspecified atom stereocenters. The molecule has 1 aromatic heterocycles. The number of fused-ring (bicyclic) bond motifs is 1. The number of Topliss-reactive ketones (excluding diaryl/α,β-unsaturated/α-hetero) is 1. The Bertz CT molecular complexity index is 1090. The van der Waals surface area contributed by atoms with Gasteiger partial charge >= 0.3 is 6.18 Å². The maximum Gasteiger partial charge on any atom is 0.416 e. The van der Waals surface area contributed by atoms with Crippen LogP contribution in [0.4, 0.5) is 36.3 Å². The molecule has 0 bridgehead atoms. The number of benzene rings is 2. The van der Waals surface area contributed by atoms with Crippen LogP contribution in [-0.4, -0.2) is 15.8 Å². The number of halogens is 3. The van der Waals surface area contributed by atoms with E-state index in [0.29, 0.717) is 36.3 Å². The molecule has 0 fully saturated rings. The molecule has 8 heteroatoms. The van der Waals surface area contributed by atoms with Gasteiger partial charge in [0.25, 0.3) is 0 Å². The van der Waals surface area contributed by atoms with E-state index in [1.807, 2.05) is 31.2 Å². The van der Waals surface area contributed by atoms with Crippen molar-refractivity contribution in [3.05, 3.63) is 70.9 Å². The number of carbonyl (C=O) groups is 1. The zero-order chi connectivity index (χ0) is 21.3. The summed E-state index contributed by atoms with van der Waals surface area (Å²) in [4.78, 5) is 21.3. The second kappa shape index (κ2) is 7.78. The zero-order valence-electron chi connectivity index (χ0n) is 16.2. The third kappa shape index (κ3) is 4.27. The van der Waals surface area contributed by atoms with Crippen molar-refractivity contribution in [2.45, 2.75) is 32.4 Å². The number of aryl methyl sites for hydroxylation is 2. The van der Waals surface area contributed by atoms with Crippen molar-refractivity contribution < 1.29 is 18.0 Å². The number of anilines is 4. The molecule has 5 nitrogen and oxygen atoms in total. The number of rotatable bonds is 4. The Kier molecular flexibility index (Phi) is 5.15. The van der Waals surface area contributed by atoms with E-state index in [1.54, 1.807) is 0 Å². The predicted molar refractivity (Wildman–Crippen MR) is 108 cm³/mol. The fraction of sp³-hybridized carbons (Fsp3) is 0.227. The summed E-state index contributed by atoms with van der Waals surface area (Å²) in [6, 6.07) is 12.4. The van der Waals surface area contributed by atoms with Crippen molar-refractivity contribution >= 4 is 28.9 Å². The molecule has 1 aliphatic rings. The average Bonchev–Trinajstić information content (AvgIpc) is 2.69. The number of carbonyl (C=O) groups excluding carboxylic acids is 1. The van der Waals surface area contributed by atoms with Crippen LogP contribution in [0.15, 0.2) is 48.5 Å². The van der Waals surface area contributed by atoms with Crippen LogP contribution in [0.1, 0.15) is 40.0 Å². The fourth-order valence-corrected chi connectivity index (χ4v) is 3.34. The van der Waals surface area contributed by atoms with Crippen molar-refractivity contribution in [2.24, 2.45) is 0 Å². The van der Waals surface area contributed by atoms with E-state index < -0.39 is 11.7 Å². The standard InChI is InChI=1S/C22H19F3N4O/c1-13-8-10-15(11-9-13)26-20-19-17(6-3-7-18(19)30)28-21(29-20)27-16-5-2-4-14(12-16)22(23,24)25/h2,4-5,8-12H,3,6-7H2,1H3,(H2,26,27,28,29). The van der Waals surface area contributed by atoms with Crippen LogP contribution >= 0.6 is 0 Å². The molecular formula is C22H19F3N4O. The lowest BCUT2D eigenvalue weighted by molar-refractivity contribution is -0.137. The van der Waals surface area contributed by atoms with Gasteiger partial charge < -0.3 is 10.6 Å². The highest BCUT2D eigenvalue weighted by atomic mass is 19.4. The molecular weight excluding hydrogens is 393 g/mol. The predicted octanol–water partition coefficient (Wildman–Crippen LogP) is 5.81. The molecule has 0 saturated carbocycles. The quantitative estimate of drug-likeness (QED) is 0.566. The van der Waals surface area contributed by atoms with E-state index in [4.69, 9.17) is 0 Å². The zero-order valence-corrected chi connectivity index (χ0v) is 16.2. The normalized spacial score (nSPS) is 13.7. The molecule has 0 saturated heterocycles. The molecule has 0 radical (unpaired) electrons. The molecule has 1 aliphatic carbocycles. The number of hydrogen-bond acceptors (Lipinski definition) is 5. The van der Waals surface area contributed by atoms with E-state index >= 15 is 0 Å². The highest BCUT2D eigenvalue weighted by molar-refractivity contribution is 6.03. The minimum absolute atomic E-state index is 0.0449. The van der Waals surface area contributed by atoms with Crippen molar-refractivity contribution in [2.75, 3.05) is 10.6 Å². The molecule has 30 heavy (non-hydrogen) atoms. The summed E-state index contributed by atoms with van der Waals surface area (Å²) in [5.41, 5.74) is 2.33. The van der Waals surface area contributed by atoms with Gasteiger partial charge in [-0.15, -0.1) is 0 Å². The van der Waals surface area contributed by atoms with Gasteiger partial charge in [0.1, 0.15) is 5.82 Å². The smallest absolute Gasteiger partial charge is 0.339 e. The Morgan fingerprint density at radius 2 is 1.70 bits per heavy atom. The van der Waals surface area contributed by atoms with Crippen LogP contribution in [0.25, 0.3) is 0 Å². The fourth-order valence-electron chi connectivity index (χ4n) is 3.34. The molecule has 2 N–H and O–H groups in total. The third-order valence-electron chi connectivity index (χ3n) is 4.84. The van der Waals surface area contributed by atoms with Crippen molar-refractivity contribution in [3.63, 3.8) is 0 Å². The summed E-state index contributed by atoms with van der Waals surface area (Å²) >= 11 is 0. The maximum atomic E-state index is 13.0. The summed E-state index contributed by atoms with van der Waals surface area (Å²) in [5.74, 6) is 0.442. The van der Waals surface area contributed by atoms with E-state index in [0.717, 1.165) is 23.4 Å². The molecule has 0 amide bonds. The number of alkyl halides is 3. The number of nitrogens with one attached hydrogen (secondary N) is 2. The van der Waals surface area contributed by atoms with Gasteiger partial charge in [-0.1, -0.05) is 23.8 Å². The summed E-state index contributed by atoms with van der Waals surface area (Å²) < 4.78 is 39.0. The molecule has 4 rings (SSSR count). The lowest BCUT2D eigenvalue weighted by Crippen LogP contribution is -2.18. The monoisotopic (exact) mass is 412 g/mol. The Morgan fingerprint density at radius 1 is 0.933 bits per heavy atom. The highest BCUT2D eigenvalue weighted by Gasteiger charge is 2.30. The van der Waals surface area contributed by atoms with Gasteiger partial charge in [-0.3, -0.25) is 4.79 Å². The molecule has 3 aromatic rings. The van der Waals surface area contributed by atoms with Crippen LogP contribution < -0.4 is 10.6 Å². The Balaban J connectivity index is 1.71. The van der Waals surface area contributed by atoms with E-state index in [-0.39, 0.29) is 17.4 Å². The topological polar surface area (TPSA) is 66.9 Å². The largest absolute Gasteiger partial charge is 0.416 e. The minimum Gasteiger partial charge on any atom is -0.339 e. The number of ketones is 1. The first-order valence-corrected chi connectivity index (χ1v) is 9.52. The number of aromatic nitrogens is 2. The Morgan fingerprint density at radius 3 is 2.43 bits per heavy atom. The molecule has 0 atom stereocenters. The lowest BCUT2D eigenvalue weighted by atomic mass is 9.95. The van der Waals surface area contributed by atoms with Gasteiger partial charge in [0.05, 0.1) is 16.8 Å². The van der Waals surface area contributed by atoms with Crippen molar-refractivity contribution in [1.82, 2.24) is 9.97 Å². The lowest BCUT2D eigenvalue weighted by Gasteiger charge is -2.19. The first-order valence-electron chi connectivity index (χ1n) is 9.52. The van der Waals surface area contributed by atoms with Gasteiger partial charge in [0.2, 0.25) is 5.95 Å². The second-order valence-electron chi connectivity index (χ2n) is 7.19. The first kappa shape index (κ1) is 19.9. The van der Waals surface area contributed by atoms with Crippen LogP contribution in [-0.2, 0) is 12.6 Å². The maximum absolute atomic E-state index is 13.0. The Hall–Kier alpha value is -3.42. The number of nitrogens with zero attached hydrogens (tertiary/aromatic N) is 2. The van der Waals surface area contributed by atoms with E-state index in [9.17, 15) is 18.0 Å². The van der Waals surface area contributed by atoms with Gasteiger partial charge in [-0.2, -0.15) is 18.2 Å². The summed E-state index contributed by atoms with van der Waals surface area (Å²) in [6.07, 6.45) is -2.75. The van der Waals surface area contributed by atoms with Gasteiger partial charge in [-0.25, -0.2) is 4.98 Å². The van der Waals surface area contributed by atoms with Gasteiger partial charge in [-0.05, 0) is 50.1 Å². The highest BCUT2D eigenvalue weighted by Crippen LogP contribution is 2.33. The van der Waals surface area contributed by atoms with Crippen molar-refractivity contribution in [3.8, 4) is 0 Å². The van der Waals surface area contributed by atoms with Crippen LogP contribution in [0, 0.1) is 6.92 Å². The summed E-state index contributed by atoms with van der Waals surface area (Å²) in [5, 5.41) is 6.00. The van der Waals surface area contributed by atoms with Gasteiger partial charge in [0.15, 0.2) is 5.78 Å². The van der Waals surface area contributed by atoms with Crippen LogP contribution in [0.5, 0.6) is 0 Å². The van der Waals surface area contributed by atoms with Gasteiger partial charge in [0, 0.05) is 17.8 Å². The average molecular weight is 412 g/mol. The summed E-state index contributed by atoms with van der Waals surface area (Å²) in [7, 11) is 0. The SMILES string of the molecule is Cc1ccc(Nc2nc(Nc3cccc(C(F)(F)F)c3)nc3c2C(=O)CCC3)cc1. The van der Waals surface area contributed by atoms with Crippen LogP contribution in [0.3, 0.4) is 0 Å². The molecule has 1 heterocycles. The van der Waals surface area contributed by atoms with E-state index in [1.165, 1.54) is 12.1 Å². The second-order valence-corrected chi connectivity index (χ2v) is 7.19. The van der Waals surface area contributed by atoms with Crippen LogP contribution in [0.2, 0.25) is 0 Å².